The minimum absolute atomic E-state index is 0.0152. The molecule has 0 unspecified atom stereocenters. The van der Waals surface area contributed by atoms with Crippen LogP contribution in [0.25, 0.3) is 106 Å². The van der Waals surface area contributed by atoms with Gasteiger partial charge in [-0.15, -0.1) is 22.7 Å². The maximum atomic E-state index is 2.44. The normalized spacial score (nSPS) is 13.6. The first-order chi connectivity index (χ1) is 26.0. The second-order valence-corrected chi connectivity index (χ2v) is 17.4. The maximum Gasteiger partial charge on any atom is 0.0440 e. The first kappa shape index (κ1) is 29.7. The minimum Gasteiger partial charge on any atom is -0.135 e. The van der Waals surface area contributed by atoms with Crippen LogP contribution in [0.1, 0.15) is 25.0 Å². The van der Waals surface area contributed by atoms with Crippen molar-refractivity contribution < 1.29 is 0 Å². The van der Waals surface area contributed by atoms with E-state index in [2.05, 4.69) is 172 Å². The smallest absolute Gasteiger partial charge is 0.0440 e. The van der Waals surface area contributed by atoms with Crippen molar-refractivity contribution in [1.29, 1.82) is 0 Å². The number of thiophene rings is 2. The third-order valence-electron chi connectivity index (χ3n) is 12.1. The summed E-state index contributed by atoms with van der Waals surface area (Å²) in [7, 11) is 0. The Hall–Kier alpha value is -5.80. The summed E-state index contributed by atoms with van der Waals surface area (Å²) >= 11 is 3.81. The molecule has 1 aliphatic rings. The van der Waals surface area contributed by atoms with Gasteiger partial charge in [0.05, 0.1) is 0 Å². The fraction of sp³-hybridized carbons (Fsp3) is 0.0588. The summed E-state index contributed by atoms with van der Waals surface area (Å²) in [5, 5.41) is 13.3. The molecule has 0 saturated carbocycles. The summed E-state index contributed by atoms with van der Waals surface area (Å²) in [6.45, 7) is 4.70. The van der Waals surface area contributed by atoms with E-state index in [9.17, 15) is 0 Å². The first-order valence-electron chi connectivity index (χ1n) is 18.4. The molecule has 2 aromatic heterocycles. The first-order valence-corrected chi connectivity index (χ1v) is 20.0. The SMILES string of the molecule is CC1(C)c2ccccc2-c2cc(-c3ccc4sc5ccc(-c6ccc7c(c6)c6ccccc6c6ccc8c9ccccc9sc8c67)cc5c4c3)ccc21. The van der Waals surface area contributed by atoms with Crippen molar-refractivity contribution in [3.63, 3.8) is 0 Å². The molecule has 0 atom stereocenters. The van der Waals surface area contributed by atoms with E-state index in [0.717, 1.165) is 0 Å². The predicted octanol–water partition coefficient (Wildman–Crippen LogP) is 15.5. The molecule has 0 bridgehead atoms. The summed E-state index contributed by atoms with van der Waals surface area (Å²) < 4.78 is 5.38. The van der Waals surface area contributed by atoms with Gasteiger partial charge in [0.15, 0.2) is 0 Å². The quantitative estimate of drug-likeness (QED) is 0.157. The van der Waals surface area contributed by atoms with Crippen LogP contribution in [0.4, 0.5) is 0 Å². The Labute approximate surface area is 315 Å². The summed E-state index contributed by atoms with van der Waals surface area (Å²) in [6.07, 6.45) is 0. The van der Waals surface area contributed by atoms with E-state index in [1.807, 2.05) is 22.7 Å². The van der Waals surface area contributed by atoms with Gasteiger partial charge < -0.3 is 0 Å². The van der Waals surface area contributed by atoms with Crippen LogP contribution in [0.15, 0.2) is 158 Å². The molecule has 248 valence electrons. The molecule has 2 heteroatoms. The minimum atomic E-state index is 0.0152. The molecule has 0 spiro atoms. The van der Waals surface area contributed by atoms with Gasteiger partial charge in [0, 0.05) is 51.1 Å². The molecule has 1 aliphatic carbocycles. The van der Waals surface area contributed by atoms with Crippen molar-refractivity contribution >= 4 is 95.3 Å². The molecule has 0 N–H and O–H groups in total. The van der Waals surface area contributed by atoms with E-state index in [1.165, 1.54) is 117 Å². The molecular weight excluding hydrogens is 677 g/mol. The molecule has 11 aromatic rings. The Morgan fingerprint density at radius 1 is 0.340 bits per heavy atom. The molecular formula is C51H32S2. The highest BCUT2D eigenvalue weighted by molar-refractivity contribution is 7.27. The van der Waals surface area contributed by atoms with Gasteiger partial charge in [0.1, 0.15) is 0 Å². The zero-order chi connectivity index (χ0) is 35.0. The highest BCUT2D eigenvalue weighted by Crippen LogP contribution is 2.50. The molecule has 0 amide bonds. The Kier molecular flexibility index (Phi) is 5.97. The van der Waals surface area contributed by atoms with Crippen LogP contribution in [-0.4, -0.2) is 0 Å². The van der Waals surface area contributed by atoms with Crippen molar-refractivity contribution in [2.24, 2.45) is 0 Å². The van der Waals surface area contributed by atoms with Crippen LogP contribution < -0.4 is 0 Å². The topological polar surface area (TPSA) is 0 Å². The van der Waals surface area contributed by atoms with Crippen LogP contribution in [-0.2, 0) is 5.41 Å². The summed E-state index contributed by atoms with van der Waals surface area (Å²) in [5.74, 6) is 0. The lowest BCUT2D eigenvalue weighted by atomic mass is 9.82. The van der Waals surface area contributed by atoms with Crippen molar-refractivity contribution in [3.8, 4) is 33.4 Å². The zero-order valence-electron chi connectivity index (χ0n) is 29.3. The van der Waals surface area contributed by atoms with Gasteiger partial charge in [0.25, 0.3) is 0 Å². The Morgan fingerprint density at radius 3 is 1.62 bits per heavy atom. The monoisotopic (exact) mass is 708 g/mol. The fourth-order valence-corrected chi connectivity index (χ4v) is 11.8. The molecule has 53 heavy (non-hydrogen) atoms. The largest absolute Gasteiger partial charge is 0.135 e. The number of hydrogen-bond acceptors (Lipinski definition) is 2. The lowest BCUT2D eigenvalue weighted by molar-refractivity contribution is 0.660. The van der Waals surface area contributed by atoms with E-state index >= 15 is 0 Å². The number of hydrogen-bond donors (Lipinski definition) is 0. The van der Waals surface area contributed by atoms with Crippen molar-refractivity contribution in [1.82, 2.24) is 0 Å². The van der Waals surface area contributed by atoms with Crippen LogP contribution in [0, 0.1) is 0 Å². The third-order valence-corrected chi connectivity index (χ3v) is 14.4. The number of rotatable bonds is 2. The third kappa shape index (κ3) is 4.11. The fourth-order valence-electron chi connectivity index (χ4n) is 9.43. The highest BCUT2D eigenvalue weighted by Gasteiger charge is 2.35. The van der Waals surface area contributed by atoms with E-state index in [1.54, 1.807) is 0 Å². The van der Waals surface area contributed by atoms with E-state index in [0.29, 0.717) is 0 Å². The molecule has 0 nitrogen and oxygen atoms in total. The predicted molar refractivity (Wildman–Crippen MR) is 233 cm³/mol. The van der Waals surface area contributed by atoms with E-state index < -0.39 is 0 Å². The lowest BCUT2D eigenvalue weighted by Gasteiger charge is -2.21. The number of benzene rings is 9. The van der Waals surface area contributed by atoms with Gasteiger partial charge in [-0.2, -0.15) is 0 Å². The van der Waals surface area contributed by atoms with Crippen molar-refractivity contribution in [3.05, 3.63) is 169 Å². The second-order valence-electron chi connectivity index (χ2n) is 15.2. The van der Waals surface area contributed by atoms with Gasteiger partial charge >= 0.3 is 0 Å². The van der Waals surface area contributed by atoms with Crippen LogP contribution in [0.3, 0.4) is 0 Å². The summed E-state index contributed by atoms with van der Waals surface area (Å²) in [5.41, 5.74) is 10.6. The van der Waals surface area contributed by atoms with Gasteiger partial charge in [0.2, 0.25) is 0 Å². The van der Waals surface area contributed by atoms with Crippen molar-refractivity contribution in [2.45, 2.75) is 19.3 Å². The zero-order valence-corrected chi connectivity index (χ0v) is 31.0. The van der Waals surface area contributed by atoms with Crippen molar-refractivity contribution in [2.75, 3.05) is 0 Å². The maximum absolute atomic E-state index is 2.44. The van der Waals surface area contributed by atoms with Crippen LogP contribution in [0.2, 0.25) is 0 Å². The average molecular weight is 709 g/mol. The molecule has 0 fully saturated rings. The molecule has 0 aliphatic heterocycles. The average Bonchev–Trinajstić information content (AvgIpc) is 3.84. The molecule has 0 radical (unpaired) electrons. The van der Waals surface area contributed by atoms with E-state index in [4.69, 9.17) is 0 Å². The van der Waals surface area contributed by atoms with Gasteiger partial charge in [-0.3, -0.25) is 0 Å². The van der Waals surface area contributed by atoms with Gasteiger partial charge in [-0.1, -0.05) is 129 Å². The standard InChI is InChI=1S/C51H32S2/c1-51(2)44-13-7-5-11-35(44)41-26-30(16-22-45(41)51)32-18-24-48-43(28-32)42-27-31(17-23-47(42)52-48)29-15-19-38-40(25-29)34-10-4-3-9-33(34)37-20-21-39-36-12-6-8-14-46(36)53-50(39)49(37)38/h3-28H,1-2H3. The molecule has 9 aromatic carbocycles. The Morgan fingerprint density at radius 2 is 0.849 bits per heavy atom. The van der Waals surface area contributed by atoms with E-state index in [-0.39, 0.29) is 5.41 Å². The highest BCUT2D eigenvalue weighted by atomic mass is 32.1. The lowest BCUT2D eigenvalue weighted by Crippen LogP contribution is -2.14. The Bertz CT molecular complexity index is 3370. The van der Waals surface area contributed by atoms with Gasteiger partial charge in [-0.05, 0) is 114 Å². The Balaban J connectivity index is 1.03. The summed E-state index contributed by atoms with van der Waals surface area (Å²) in [4.78, 5) is 0. The summed E-state index contributed by atoms with van der Waals surface area (Å²) in [6, 6.07) is 59.7. The molecule has 2 heterocycles. The van der Waals surface area contributed by atoms with Gasteiger partial charge in [-0.25, -0.2) is 0 Å². The van der Waals surface area contributed by atoms with Crippen LogP contribution >= 0.6 is 22.7 Å². The number of fused-ring (bicyclic) bond motifs is 16. The van der Waals surface area contributed by atoms with Crippen LogP contribution in [0.5, 0.6) is 0 Å². The molecule has 12 rings (SSSR count). The molecule has 0 saturated heterocycles. The second kappa shape index (κ2) is 10.6.